The third-order valence-electron chi connectivity index (χ3n) is 5.41. The summed E-state index contributed by atoms with van der Waals surface area (Å²) in [7, 11) is 0. The standard InChI is InChI=1S/C22H25N5O.2ClH/c1-15(20(23)16-7-3-2-4-8-16)22(28)24-18-12-10-17(11-13-18)21-26-25-19-9-5-6-14-27(19)21;;/h2-4,7-8,10-13,15,20H,5-6,9,14,23H2,1H3,(H,24,28);2*1H. The number of halogens is 2. The average molecular weight is 448 g/mol. The molecule has 160 valence electrons. The summed E-state index contributed by atoms with van der Waals surface area (Å²) in [5.41, 5.74) is 8.98. The Labute approximate surface area is 189 Å². The number of amides is 1. The molecule has 0 aliphatic carbocycles. The summed E-state index contributed by atoms with van der Waals surface area (Å²) in [4.78, 5) is 12.6. The van der Waals surface area contributed by atoms with E-state index in [4.69, 9.17) is 5.73 Å². The van der Waals surface area contributed by atoms with Crippen LogP contribution < -0.4 is 11.1 Å². The Balaban J connectivity index is 0.00000160. The van der Waals surface area contributed by atoms with Crippen LogP contribution in [0.15, 0.2) is 54.6 Å². The lowest BCUT2D eigenvalue weighted by atomic mass is 9.94. The SMILES string of the molecule is CC(C(=O)Nc1ccc(-c2nnc3n2CCCC3)cc1)C(N)c1ccccc1.Cl.Cl. The molecule has 3 aromatic rings. The fourth-order valence-corrected chi connectivity index (χ4v) is 3.61. The van der Waals surface area contributed by atoms with Gasteiger partial charge in [0, 0.05) is 30.3 Å². The molecule has 0 fully saturated rings. The van der Waals surface area contributed by atoms with Crippen LogP contribution in [-0.4, -0.2) is 20.7 Å². The Morgan fingerprint density at radius 2 is 1.73 bits per heavy atom. The van der Waals surface area contributed by atoms with Crippen molar-refractivity contribution in [2.24, 2.45) is 11.7 Å². The van der Waals surface area contributed by atoms with E-state index >= 15 is 0 Å². The first-order valence-electron chi connectivity index (χ1n) is 9.77. The van der Waals surface area contributed by atoms with Crippen molar-refractivity contribution in [3.8, 4) is 11.4 Å². The number of carbonyl (C=O) groups is 1. The van der Waals surface area contributed by atoms with Crippen LogP contribution in [0, 0.1) is 5.92 Å². The van der Waals surface area contributed by atoms with E-state index in [1.54, 1.807) is 0 Å². The Morgan fingerprint density at radius 3 is 2.43 bits per heavy atom. The molecule has 0 spiro atoms. The van der Waals surface area contributed by atoms with E-state index in [9.17, 15) is 4.79 Å². The first-order valence-corrected chi connectivity index (χ1v) is 9.77. The largest absolute Gasteiger partial charge is 0.326 e. The third-order valence-corrected chi connectivity index (χ3v) is 5.41. The summed E-state index contributed by atoms with van der Waals surface area (Å²) in [6.45, 7) is 2.81. The zero-order valence-corrected chi connectivity index (χ0v) is 18.5. The van der Waals surface area contributed by atoms with Crippen LogP contribution in [0.2, 0.25) is 0 Å². The van der Waals surface area contributed by atoms with Crippen molar-refractivity contribution < 1.29 is 4.79 Å². The molecule has 0 saturated carbocycles. The number of aromatic nitrogens is 3. The molecule has 1 amide bonds. The third kappa shape index (κ3) is 5.01. The van der Waals surface area contributed by atoms with Gasteiger partial charge in [-0.15, -0.1) is 35.0 Å². The van der Waals surface area contributed by atoms with Gasteiger partial charge in [0.25, 0.3) is 0 Å². The van der Waals surface area contributed by atoms with Gasteiger partial charge >= 0.3 is 0 Å². The zero-order valence-electron chi connectivity index (χ0n) is 16.8. The number of fused-ring (bicyclic) bond motifs is 1. The summed E-state index contributed by atoms with van der Waals surface area (Å²) >= 11 is 0. The minimum atomic E-state index is -0.344. The number of carbonyl (C=O) groups excluding carboxylic acids is 1. The molecule has 3 N–H and O–H groups in total. The maximum Gasteiger partial charge on any atom is 0.229 e. The summed E-state index contributed by atoms with van der Waals surface area (Å²) in [6.07, 6.45) is 3.32. The quantitative estimate of drug-likeness (QED) is 0.606. The van der Waals surface area contributed by atoms with E-state index in [1.807, 2.05) is 61.5 Å². The molecule has 2 aromatic carbocycles. The molecular weight excluding hydrogens is 421 g/mol. The van der Waals surface area contributed by atoms with Gasteiger partial charge in [0.1, 0.15) is 5.82 Å². The first-order chi connectivity index (χ1) is 13.6. The number of hydrogen-bond donors (Lipinski definition) is 2. The molecule has 1 aliphatic rings. The first kappa shape index (κ1) is 23.9. The van der Waals surface area contributed by atoms with E-state index in [1.165, 1.54) is 6.42 Å². The Hall–Kier alpha value is -2.41. The Morgan fingerprint density at radius 1 is 1.03 bits per heavy atom. The Kier molecular flexibility index (Phi) is 8.41. The van der Waals surface area contributed by atoms with Crippen molar-refractivity contribution in [3.05, 3.63) is 66.0 Å². The molecule has 6 nitrogen and oxygen atoms in total. The minimum absolute atomic E-state index is 0. The highest BCUT2D eigenvalue weighted by molar-refractivity contribution is 5.93. The fourth-order valence-electron chi connectivity index (χ4n) is 3.61. The van der Waals surface area contributed by atoms with Crippen LogP contribution in [-0.2, 0) is 17.8 Å². The lowest BCUT2D eigenvalue weighted by molar-refractivity contribution is -0.120. The molecule has 1 aliphatic heterocycles. The van der Waals surface area contributed by atoms with Gasteiger partial charge in [-0.2, -0.15) is 0 Å². The summed E-state index contributed by atoms with van der Waals surface area (Å²) in [5, 5.41) is 11.6. The van der Waals surface area contributed by atoms with E-state index in [0.29, 0.717) is 0 Å². The van der Waals surface area contributed by atoms with Gasteiger partial charge in [-0.1, -0.05) is 37.3 Å². The molecular formula is C22H27Cl2N5O. The second kappa shape index (κ2) is 10.6. The molecule has 2 heterocycles. The lowest BCUT2D eigenvalue weighted by Gasteiger charge is -2.20. The maximum absolute atomic E-state index is 12.6. The minimum Gasteiger partial charge on any atom is -0.326 e. The molecule has 0 radical (unpaired) electrons. The number of nitrogens with zero attached hydrogens (tertiary/aromatic N) is 3. The predicted molar refractivity (Wildman–Crippen MR) is 124 cm³/mol. The lowest BCUT2D eigenvalue weighted by Crippen LogP contribution is -2.30. The number of nitrogens with two attached hydrogens (primary N) is 1. The van der Waals surface area contributed by atoms with E-state index in [0.717, 1.165) is 47.8 Å². The van der Waals surface area contributed by atoms with E-state index < -0.39 is 0 Å². The topological polar surface area (TPSA) is 85.8 Å². The van der Waals surface area contributed by atoms with Crippen LogP contribution in [0.25, 0.3) is 11.4 Å². The van der Waals surface area contributed by atoms with Gasteiger partial charge in [-0.3, -0.25) is 4.79 Å². The fraction of sp³-hybridized carbons (Fsp3) is 0.318. The van der Waals surface area contributed by atoms with Crippen molar-refractivity contribution >= 4 is 36.4 Å². The number of hydrogen-bond acceptors (Lipinski definition) is 4. The summed E-state index contributed by atoms with van der Waals surface area (Å²) < 4.78 is 2.19. The number of anilines is 1. The molecule has 2 atom stereocenters. The molecule has 2 unspecified atom stereocenters. The van der Waals surface area contributed by atoms with E-state index in [2.05, 4.69) is 20.1 Å². The van der Waals surface area contributed by atoms with Crippen LogP contribution >= 0.6 is 24.8 Å². The van der Waals surface area contributed by atoms with Crippen LogP contribution in [0.3, 0.4) is 0 Å². The van der Waals surface area contributed by atoms with Crippen molar-refractivity contribution in [1.82, 2.24) is 14.8 Å². The summed E-state index contributed by atoms with van der Waals surface area (Å²) in [6, 6.07) is 17.1. The maximum atomic E-state index is 12.6. The average Bonchev–Trinajstić information content (AvgIpc) is 3.18. The van der Waals surface area contributed by atoms with Crippen LogP contribution in [0.4, 0.5) is 5.69 Å². The van der Waals surface area contributed by atoms with Gasteiger partial charge in [0.05, 0.1) is 5.92 Å². The smallest absolute Gasteiger partial charge is 0.229 e. The predicted octanol–water partition coefficient (Wildman–Crippen LogP) is 4.40. The molecule has 0 bridgehead atoms. The van der Waals surface area contributed by atoms with Crippen molar-refractivity contribution in [1.29, 1.82) is 0 Å². The second-order valence-corrected chi connectivity index (χ2v) is 7.34. The van der Waals surface area contributed by atoms with Gasteiger partial charge in [-0.05, 0) is 42.7 Å². The molecule has 4 rings (SSSR count). The molecule has 0 saturated heterocycles. The highest BCUT2D eigenvalue weighted by Crippen LogP contribution is 2.25. The normalized spacial score (nSPS) is 14.5. The molecule has 1 aromatic heterocycles. The van der Waals surface area contributed by atoms with Crippen molar-refractivity contribution in [3.63, 3.8) is 0 Å². The number of rotatable bonds is 5. The Bertz CT molecular complexity index is 959. The van der Waals surface area contributed by atoms with Gasteiger partial charge in [-0.25, -0.2) is 0 Å². The molecule has 8 heteroatoms. The van der Waals surface area contributed by atoms with Crippen molar-refractivity contribution in [2.75, 3.05) is 5.32 Å². The summed E-state index contributed by atoms with van der Waals surface area (Å²) in [5.74, 6) is 1.52. The van der Waals surface area contributed by atoms with Crippen LogP contribution in [0.5, 0.6) is 0 Å². The van der Waals surface area contributed by atoms with Gasteiger partial charge in [0.2, 0.25) is 5.91 Å². The number of aryl methyl sites for hydroxylation is 1. The molecule has 30 heavy (non-hydrogen) atoms. The monoisotopic (exact) mass is 447 g/mol. The van der Waals surface area contributed by atoms with Gasteiger partial charge in [0.15, 0.2) is 5.82 Å². The van der Waals surface area contributed by atoms with Crippen LogP contribution in [0.1, 0.15) is 37.2 Å². The highest BCUT2D eigenvalue weighted by atomic mass is 35.5. The van der Waals surface area contributed by atoms with E-state index in [-0.39, 0.29) is 42.7 Å². The second-order valence-electron chi connectivity index (χ2n) is 7.34. The zero-order chi connectivity index (χ0) is 19.5. The van der Waals surface area contributed by atoms with Crippen molar-refractivity contribution in [2.45, 2.75) is 38.8 Å². The highest BCUT2D eigenvalue weighted by Gasteiger charge is 2.22. The number of nitrogens with one attached hydrogen (secondary N) is 1. The number of benzene rings is 2. The van der Waals surface area contributed by atoms with Gasteiger partial charge < -0.3 is 15.6 Å².